The van der Waals surface area contributed by atoms with E-state index >= 15 is 4.39 Å². The van der Waals surface area contributed by atoms with E-state index in [9.17, 15) is 27.1 Å². The number of anilines is 1. The van der Waals surface area contributed by atoms with Crippen molar-refractivity contribution in [2.45, 2.75) is 63.6 Å². The highest BCUT2D eigenvalue weighted by Gasteiger charge is 2.50. The number of halogens is 1. The Hall–Kier alpha value is -3.41. The molecule has 2 aliphatic heterocycles. The first kappa shape index (κ1) is 34.5. The van der Waals surface area contributed by atoms with Gasteiger partial charge in [0.2, 0.25) is 11.9 Å². The summed E-state index contributed by atoms with van der Waals surface area (Å²) in [5.74, 6) is -0.755. The lowest BCUT2D eigenvalue weighted by Crippen LogP contribution is -2.39. The van der Waals surface area contributed by atoms with Crippen LogP contribution in [0.1, 0.15) is 39.1 Å². The maximum Gasteiger partial charge on any atom is 0.386 e. The third-order valence-electron chi connectivity index (χ3n) is 7.52. The van der Waals surface area contributed by atoms with E-state index in [2.05, 4.69) is 47.5 Å². The summed E-state index contributed by atoms with van der Waals surface area (Å²) < 4.78 is 88.4. The van der Waals surface area contributed by atoms with E-state index in [4.69, 9.17) is 18.5 Å². The molecule has 20 nitrogen and oxygen atoms in total. The predicted octanol–water partition coefficient (Wildman–Crippen LogP) is 1.30. The number of imidazole rings is 2. The lowest BCUT2D eigenvalue weighted by atomic mass is 10.1. The summed E-state index contributed by atoms with van der Waals surface area (Å²) in [6.45, 7) is -1.94. The number of aromatic nitrogens is 8. The van der Waals surface area contributed by atoms with Gasteiger partial charge in [-0.25, -0.2) is 28.9 Å². The van der Waals surface area contributed by atoms with Gasteiger partial charge in [-0.15, -0.1) is 0 Å². The molecular weight excluding hydrogens is 702 g/mol. The van der Waals surface area contributed by atoms with Crippen molar-refractivity contribution >= 4 is 63.5 Å². The normalized spacial score (nSPS) is 26.0. The van der Waals surface area contributed by atoms with Gasteiger partial charge in [-0.05, 0) is 12.8 Å². The van der Waals surface area contributed by atoms with E-state index in [0.717, 1.165) is 0 Å². The van der Waals surface area contributed by atoms with E-state index in [1.165, 1.54) is 34.3 Å². The van der Waals surface area contributed by atoms with Crippen LogP contribution in [0.2, 0.25) is 0 Å². The van der Waals surface area contributed by atoms with Gasteiger partial charge in [0.1, 0.15) is 30.3 Å². The summed E-state index contributed by atoms with van der Waals surface area (Å²) in [6, 6.07) is 0. The van der Waals surface area contributed by atoms with Crippen LogP contribution >= 0.6 is 19.0 Å². The average Bonchev–Trinajstić information content (AvgIpc) is 3.81. The number of aromatic amines is 1. The third kappa shape index (κ3) is 7.43. The number of hydrogen-bond acceptors (Lipinski definition) is 14. The second-order valence-corrected chi connectivity index (χ2v) is 15.3. The van der Waals surface area contributed by atoms with Crippen LogP contribution in [0.15, 0.2) is 30.0 Å². The van der Waals surface area contributed by atoms with E-state index in [0.29, 0.717) is 18.4 Å². The molecule has 2 fully saturated rings. The maximum atomic E-state index is 15.9. The van der Waals surface area contributed by atoms with E-state index in [1.807, 2.05) is 4.72 Å². The van der Waals surface area contributed by atoms with Crippen molar-refractivity contribution in [1.82, 2.24) is 43.8 Å². The molecule has 6 rings (SSSR count). The molecule has 2 aliphatic rings. The summed E-state index contributed by atoms with van der Waals surface area (Å²) in [4.78, 5) is 47.6. The van der Waals surface area contributed by atoms with Crippen molar-refractivity contribution in [2.24, 2.45) is 5.92 Å². The molecule has 7 atom stereocenters. The Bertz CT molecular complexity index is 2040. The maximum absolute atomic E-state index is 15.9. The molecule has 1 amide bonds. The van der Waals surface area contributed by atoms with Gasteiger partial charge in [0.05, 0.1) is 31.6 Å². The number of H-pyrrole nitrogens is 1. The standard InChI is InChI=1S/C24H30FN10O10PS2/c1-11(2)21(36)32-24-31-20-17(22(37)33-24)29-10-34(20)15-4-3-12(43-15)7-42-46(38,47)45-18-14(6-30-48(39,40)41)44-23(16(18)25)35-9-28-13-5-26-8-27-19(13)35/h5,8-12,14-16,18,23,30H,3-4,6-7H2,1-2H3,(H,38,47)(H,39,40,41)(H2,31,32,33,36,37)/t12-,14+,15+,16+,18+,23+,46?/m0/s1. The minimum absolute atomic E-state index is 0.0288. The number of ether oxygens (including phenoxy) is 2. The van der Waals surface area contributed by atoms with Gasteiger partial charge in [0.25, 0.3) is 5.56 Å². The minimum atomic E-state index is -4.71. The van der Waals surface area contributed by atoms with E-state index < -0.39 is 66.1 Å². The Labute approximate surface area is 275 Å². The molecular formula is C24H30FN10O10PS2. The quantitative estimate of drug-likeness (QED) is 0.0781. The van der Waals surface area contributed by atoms with Crippen molar-refractivity contribution in [3.05, 3.63) is 35.5 Å². The lowest BCUT2D eigenvalue weighted by Gasteiger charge is -2.24. The van der Waals surface area contributed by atoms with Crippen molar-refractivity contribution in [2.75, 3.05) is 18.5 Å². The van der Waals surface area contributed by atoms with Gasteiger partial charge in [-0.1, -0.05) is 26.1 Å². The molecule has 0 aliphatic carbocycles. The number of carbonyl (C=O) groups is 1. The number of hydrogen-bond donors (Lipinski definition) is 5. The Morgan fingerprint density at radius 1 is 1.23 bits per heavy atom. The summed E-state index contributed by atoms with van der Waals surface area (Å²) in [5, 5.41) is 2.54. The lowest BCUT2D eigenvalue weighted by molar-refractivity contribution is -0.118. The van der Waals surface area contributed by atoms with Gasteiger partial charge >= 0.3 is 17.1 Å². The van der Waals surface area contributed by atoms with Crippen LogP contribution in [-0.2, 0) is 38.2 Å². The van der Waals surface area contributed by atoms with Gasteiger partial charge < -0.3 is 9.47 Å². The molecule has 4 aromatic heterocycles. The van der Waals surface area contributed by atoms with Crippen molar-refractivity contribution < 1.29 is 45.2 Å². The minimum Gasteiger partial charge on any atom is -0.352 e. The number of alkyl halides is 1. The SMILES string of the molecule is CC(C)C(=O)Nc1nc2c(ncn2[C@H]2CC[C@@H](COP(=O)(S)O[C@H]3[C@@H](F)[C@H](n4cnc5cncnc54)O[C@@H]3CNS(=O)(=O)O)O2)c(=O)[nH]1. The molecule has 6 heterocycles. The van der Waals surface area contributed by atoms with Gasteiger partial charge in [0.15, 0.2) is 29.2 Å². The second-order valence-electron chi connectivity index (χ2n) is 11.2. The first-order chi connectivity index (χ1) is 22.7. The first-order valence-electron chi connectivity index (χ1n) is 14.4. The largest absolute Gasteiger partial charge is 0.386 e. The van der Waals surface area contributed by atoms with Crippen LogP contribution in [0.4, 0.5) is 10.3 Å². The number of amides is 1. The molecule has 0 radical (unpaired) electrons. The molecule has 24 heteroatoms. The average molecular weight is 733 g/mol. The molecule has 4 aromatic rings. The van der Waals surface area contributed by atoms with Crippen LogP contribution in [0.25, 0.3) is 22.3 Å². The number of nitrogens with zero attached hydrogens (tertiary/aromatic N) is 7. The highest BCUT2D eigenvalue weighted by molar-refractivity contribution is 8.44. The fourth-order valence-corrected chi connectivity index (χ4v) is 7.08. The topological polar surface area (TPSA) is 257 Å². The molecule has 4 N–H and O–H groups in total. The predicted molar refractivity (Wildman–Crippen MR) is 166 cm³/mol. The molecule has 48 heavy (non-hydrogen) atoms. The fourth-order valence-electron chi connectivity index (χ4n) is 5.20. The van der Waals surface area contributed by atoms with Crippen LogP contribution in [-0.4, -0.2) is 95.6 Å². The van der Waals surface area contributed by atoms with Crippen LogP contribution in [0.3, 0.4) is 0 Å². The summed E-state index contributed by atoms with van der Waals surface area (Å²) in [7, 11) is -4.71. The zero-order chi connectivity index (χ0) is 34.4. The van der Waals surface area contributed by atoms with Crippen LogP contribution in [0.5, 0.6) is 0 Å². The monoisotopic (exact) mass is 732 g/mol. The highest BCUT2D eigenvalue weighted by atomic mass is 32.7. The van der Waals surface area contributed by atoms with Gasteiger partial charge in [0, 0.05) is 12.5 Å². The highest BCUT2D eigenvalue weighted by Crippen LogP contribution is 2.57. The first-order valence-corrected chi connectivity index (χ1v) is 18.6. The summed E-state index contributed by atoms with van der Waals surface area (Å²) >= 11 is 4.01. The fraction of sp³-hybridized carbons (Fsp3) is 0.542. The number of nitrogens with one attached hydrogen (secondary N) is 3. The number of carbonyl (C=O) groups excluding carboxylic acids is 1. The molecule has 0 saturated carbocycles. The molecule has 0 aromatic carbocycles. The van der Waals surface area contributed by atoms with Crippen molar-refractivity contribution in [1.29, 1.82) is 0 Å². The molecule has 260 valence electrons. The smallest absolute Gasteiger partial charge is 0.352 e. The Morgan fingerprint density at radius 2 is 2.00 bits per heavy atom. The number of thiol groups is 1. The van der Waals surface area contributed by atoms with Crippen molar-refractivity contribution in [3.8, 4) is 0 Å². The Balaban J connectivity index is 1.12. The van der Waals surface area contributed by atoms with Gasteiger partial charge in [-0.2, -0.15) is 18.1 Å². The number of rotatable bonds is 12. The molecule has 2 saturated heterocycles. The number of fused-ring (bicyclic) bond motifs is 2. The Kier molecular flexibility index (Phi) is 9.67. The van der Waals surface area contributed by atoms with Crippen LogP contribution in [0, 0.1) is 5.92 Å². The zero-order valence-electron chi connectivity index (χ0n) is 25.1. The van der Waals surface area contributed by atoms with Crippen LogP contribution < -0.4 is 15.6 Å². The second kappa shape index (κ2) is 13.5. The summed E-state index contributed by atoms with van der Waals surface area (Å²) in [6.07, 6.45) is -1.85. The Morgan fingerprint density at radius 3 is 2.75 bits per heavy atom. The van der Waals surface area contributed by atoms with Gasteiger partial charge in [-0.3, -0.25) is 42.6 Å². The van der Waals surface area contributed by atoms with E-state index in [-0.39, 0.29) is 41.2 Å². The molecule has 0 spiro atoms. The molecule has 0 bridgehead atoms. The molecule has 1 unspecified atom stereocenters. The summed E-state index contributed by atoms with van der Waals surface area (Å²) in [5.41, 5.74) is 0.168. The zero-order valence-corrected chi connectivity index (χ0v) is 27.7. The van der Waals surface area contributed by atoms with Crippen molar-refractivity contribution in [3.63, 3.8) is 0 Å². The third-order valence-corrected chi connectivity index (χ3v) is 9.66. The van der Waals surface area contributed by atoms with E-state index in [1.54, 1.807) is 13.8 Å².